The number of hydrogen-bond donors (Lipinski definition) is 3. The summed E-state index contributed by atoms with van der Waals surface area (Å²) in [6.07, 6.45) is 1.86. The molecule has 1 aliphatic heterocycles. The SMILES string of the molecule is Cc1c(-c2ccccc2)n[nH]c1C(=O)NC1CCNC(=O)CC1. The fourth-order valence-corrected chi connectivity index (χ4v) is 2.82. The van der Waals surface area contributed by atoms with Crippen molar-refractivity contribution in [2.24, 2.45) is 0 Å². The van der Waals surface area contributed by atoms with Crippen molar-refractivity contribution >= 4 is 11.8 Å². The van der Waals surface area contributed by atoms with Crippen LogP contribution in [0.25, 0.3) is 11.3 Å². The van der Waals surface area contributed by atoms with Gasteiger partial charge in [0, 0.05) is 30.1 Å². The number of nitrogens with one attached hydrogen (secondary N) is 3. The van der Waals surface area contributed by atoms with E-state index in [1.165, 1.54) is 0 Å². The van der Waals surface area contributed by atoms with Crippen molar-refractivity contribution in [2.45, 2.75) is 32.2 Å². The molecule has 0 spiro atoms. The molecule has 1 aromatic carbocycles. The second-order valence-electron chi connectivity index (χ2n) is 5.79. The molecule has 3 rings (SSSR count). The van der Waals surface area contributed by atoms with E-state index in [4.69, 9.17) is 0 Å². The number of aromatic amines is 1. The van der Waals surface area contributed by atoms with Crippen molar-refractivity contribution in [3.63, 3.8) is 0 Å². The molecule has 6 nitrogen and oxygen atoms in total. The van der Waals surface area contributed by atoms with Crippen LogP contribution >= 0.6 is 0 Å². The van der Waals surface area contributed by atoms with Crippen LogP contribution in [-0.4, -0.2) is 34.6 Å². The van der Waals surface area contributed by atoms with Crippen molar-refractivity contribution in [2.75, 3.05) is 6.54 Å². The van der Waals surface area contributed by atoms with Crippen LogP contribution in [0.3, 0.4) is 0 Å². The Hall–Kier alpha value is -2.63. The summed E-state index contributed by atoms with van der Waals surface area (Å²) in [4.78, 5) is 23.8. The minimum atomic E-state index is -0.170. The summed E-state index contributed by atoms with van der Waals surface area (Å²) in [5, 5.41) is 12.9. The highest BCUT2D eigenvalue weighted by molar-refractivity contribution is 5.95. The predicted molar refractivity (Wildman–Crippen MR) is 86.9 cm³/mol. The Morgan fingerprint density at radius 3 is 2.83 bits per heavy atom. The Morgan fingerprint density at radius 2 is 2.04 bits per heavy atom. The topological polar surface area (TPSA) is 86.9 Å². The van der Waals surface area contributed by atoms with Gasteiger partial charge in [-0.25, -0.2) is 0 Å². The van der Waals surface area contributed by atoms with Crippen molar-refractivity contribution in [1.29, 1.82) is 0 Å². The molecular weight excluding hydrogens is 292 g/mol. The highest BCUT2D eigenvalue weighted by Crippen LogP contribution is 2.22. The zero-order valence-electron chi connectivity index (χ0n) is 13.1. The van der Waals surface area contributed by atoms with E-state index < -0.39 is 0 Å². The minimum absolute atomic E-state index is 0.00400. The van der Waals surface area contributed by atoms with Crippen LogP contribution in [0.2, 0.25) is 0 Å². The van der Waals surface area contributed by atoms with Gasteiger partial charge in [-0.05, 0) is 19.8 Å². The molecule has 2 amide bonds. The number of carbonyl (C=O) groups is 2. The number of benzene rings is 1. The fourth-order valence-electron chi connectivity index (χ4n) is 2.82. The first-order valence-electron chi connectivity index (χ1n) is 7.83. The van der Waals surface area contributed by atoms with Gasteiger partial charge in [0.2, 0.25) is 5.91 Å². The summed E-state index contributed by atoms with van der Waals surface area (Å²) in [5.74, 6) is -0.123. The molecule has 2 aromatic rings. The predicted octanol–water partition coefficient (Wildman–Crippen LogP) is 1.78. The maximum atomic E-state index is 12.5. The number of amides is 2. The summed E-state index contributed by atoms with van der Waals surface area (Å²) < 4.78 is 0. The molecule has 1 fully saturated rings. The number of H-pyrrole nitrogens is 1. The average molecular weight is 312 g/mol. The van der Waals surface area contributed by atoms with Gasteiger partial charge in [0.1, 0.15) is 5.69 Å². The van der Waals surface area contributed by atoms with Gasteiger partial charge in [-0.2, -0.15) is 5.10 Å². The third kappa shape index (κ3) is 3.41. The molecule has 0 radical (unpaired) electrons. The zero-order chi connectivity index (χ0) is 16.2. The molecule has 0 aliphatic carbocycles. The molecule has 1 atom stereocenters. The first kappa shape index (κ1) is 15.3. The molecule has 3 N–H and O–H groups in total. The van der Waals surface area contributed by atoms with Gasteiger partial charge >= 0.3 is 0 Å². The Morgan fingerprint density at radius 1 is 1.26 bits per heavy atom. The average Bonchev–Trinajstić information content (AvgIpc) is 2.83. The summed E-state index contributed by atoms with van der Waals surface area (Å²) in [5.41, 5.74) is 3.07. The second-order valence-corrected chi connectivity index (χ2v) is 5.79. The molecule has 1 aliphatic rings. The highest BCUT2D eigenvalue weighted by atomic mass is 16.2. The number of rotatable bonds is 3. The molecule has 0 bridgehead atoms. The van der Waals surface area contributed by atoms with Crippen LogP contribution in [0.15, 0.2) is 30.3 Å². The second kappa shape index (κ2) is 6.64. The molecular formula is C17H20N4O2. The van der Waals surface area contributed by atoms with Crippen LogP contribution < -0.4 is 10.6 Å². The highest BCUT2D eigenvalue weighted by Gasteiger charge is 2.22. The van der Waals surface area contributed by atoms with E-state index in [2.05, 4.69) is 20.8 Å². The van der Waals surface area contributed by atoms with Crippen molar-refractivity contribution < 1.29 is 9.59 Å². The van der Waals surface area contributed by atoms with Crippen LogP contribution in [0.5, 0.6) is 0 Å². The lowest BCUT2D eigenvalue weighted by Gasteiger charge is -2.15. The van der Waals surface area contributed by atoms with Crippen molar-refractivity contribution in [1.82, 2.24) is 20.8 Å². The lowest BCUT2D eigenvalue weighted by atomic mass is 10.1. The normalized spacial score (nSPS) is 18.1. The Balaban J connectivity index is 1.73. The number of nitrogens with zero attached hydrogens (tertiary/aromatic N) is 1. The third-order valence-electron chi connectivity index (χ3n) is 4.15. The van der Waals surface area contributed by atoms with E-state index >= 15 is 0 Å². The largest absolute Gasteiger partial charge is 0.356 e. The van der Waals surface area contributed by atoms with Crippen molar-refractivity contribution in [3.8, 4) is 11.3 Å². The molecule has 1 saturated heterocycles. The Bertz CT molecular complexity index is 709. The van der Waals surface area contributed by atoms with E-state index in [0.717, 1.165) is 23.2 Å². The van der Waals surface area contributed by atoms with Gasteiger partial charge in [-0.15, -0.1) is 0 Å². The lowest BCUT2D eigenvalue weighted by Crippen LogP contribution is -2.35. The van der Waals surface area contributed by atoms with Crippen molar-refractivity contribution in [3.05, 3.63) is 41.6 Å². The number of hydrogen-bond acceptors (Lipinski definition) is 3. The van der Waals surface area contributed by atoms with Crippen LogP contribution in [-0.2, 0) is 4.79 Å². The van der Waals surface area contributed by atoms with E-state index in [1.54, 1.807) is 0 Å². The van der Waals surface area contributed by atoms with Crippen LogP contribution in [0.1, 0.15) is 35.3 Å². The molecule has 1 aromatic heterocycles. The smallest absolute Gasteiger partial charge is 0.269 e. The van der Waals surface area contributed by atoms with Gasteiger partial charge in [0.25, 0.3) is 5.91 Å². The van der Waals surface area contributed by atoms with E-state index in [1.807, 2.05) is 37.3 Å². The lowest BCUT2D eigenvalue weighted by molar-refractivity contribution is -0.120. The quantitative estimate of drug-likeness (QED) is 0.807. The fraction of sp³-hybridized carbons (Fsp3) is 0.353. The first-order chi connectivity index (χ1) is 11.1. The van der Waals surface area contributed by atoms with E-state index in [-0.39, 0.29) is 17.9 Å². The minimum Gasteiger partial charge on any atom is -0.356 e. The van der Waals surface area contributed by atoms with Gasteiger partial charge in [0.05, 0.1) is 5.69 Å². The Kier molecular flexibility index (Phi) is 4.41. The third-order valence-corrected chi connectivity index (χ3v) is 4.15. The molecule has 120 valence electrons. The van der Waals surface area contributed by atoms with Crippen LogP contribution in [0.4, 0.5) is 0 Å². The Labute approximate surface area is 134 Å². The molecule has 2 heterocycles. The monoisotopic (exact) mass is 312 g/mol. The van der Waals surface area contributed by atoms with E-state index in [9.17, 15) is 9.59 Å². The maximum absolute atomic E-state index is 12.5. The molecule has 6 heteroatoms. The summed E-state index contributed by atoms with van der Waals surface area (Å²) in [6.45, 7) is 2.49. The van der Waals surface area contributed by atoms with Gasteiger partial charge < -0.3 is 10.6 Å². The molecule has 0 saturated carbocycles. The molecule has 1 unspecified atom stereocenters. The van der Waals surface area contributed by atoms with Gasteiger partial charge in [-0.3, -0.25) is 14.7 Å². The summed E-state index contributed by atoms with van der Waals surface area (Å²) in [6, 6.07) is 9.77. The van der Waals surface area contributed by atoms with Gasteiger partial charge in [-0.1, -0.05) is 30.3 Å². The van der Waals surface area contributed by atoms with Gasteiger partial charge in [0.15, 0.2) is 0 Å². The zero-order valence-corrected chi connectivity index (χ0v) is 13.1. The van der Waals surface area contributed by atoms with E-state index in [0.29, 0.717) is 25.1 Å². The van der Waals surface area contributed by atoms with Crippen LogP contribution in [0, 0.1) is 6.92 Å². The summed E-state index contributed by atoms with van der Waals surface area (Å²) in [7, 11) is 0. The number of aromatic nitrogens is 2. The maximum Gasteiger partial charge on any atom is 0.269 e. The number of carbonyl (C=O) groups excluding carboxylic acids is 2. The standard InChI is InChI=1S/C17H20N4O2/c1-11-15(12-5-3-2-4-6-12)20-21-16(11)17(23)19-13-7-8-14(22)18-10-9-13/h2-6,13H,7-10H2,1H3,(H,18,22)(H,19,23)(H,20,21). The molecule has 23 heavy (non-hydrogen) atoms. The summed E-state index contributed by atoms with van der Waals surface area (Å²) >= 11 is 0. The first-order valence-corrected chi connectivity index (χ1v) is 7.83.